The molecule has 2 N–H and O–H groups in total. The molecule has 4 heteroatoms. The Hall–Kier alpha value is -2.36. The lowest BCUT2D eigenvalue weighted by molar-refractivity contribution is 0.0963. The largest absolute Gasteiger partial charge is 0.355 e. The molecule has 0 unspecified atom stereocenters. The number of carbonyl (C=O) groups excluding carboxylic acids is 1. The molecule has 0 bridgehead atoms. The molecule has 0 aliphatic carbocycles. The first kappa shape index (κ1) is 12.1. The Morgan fingerprint density at radius 2 is 1.89 bits per heavy atom. The van der Waals surface area contributed by atoms with E-state index in [1.54, 1.807) is 31.4 Å². The Labute approximate surface area is 105 Å². The van der Waals surface area contributed by atoms with Crippen molar-refractivity contribution in [2.24, 2.45) is 0 Å². The van der Waals surface area contributed by atoms with Crippen LogP contribution in [0.4, 0.5) is 0 Å². The molecule has 92 valence electrons. The summed E-state index contributed by atoms with van der Waals surface area (Å²) in [5.74, 6) is -0.0993. The summed E-state index contributed by atoms with van der Waals surface area (Å²) < 4.78 is 0. The zero-order valence-electron chi connectivity index (χ0n) is 10.1. The van der Waals surface area contributed by atoms with E-state index in [0.29, 0.717) is 12.0 Å². The third-order valence-electron chi connectivity index (χ3n) is 2.69. The standard InChI is InChI=1S/C14H14N2O2/c1-15-14(18)12-4-2-10(3-5-12)8-11-6-7-16-13(17)9-11/h2-7,9H,8H2,1H3,(H,15,18)(H,16,17). The van der Waals surface area contributed by atoms with Gasteiger partial charge in [0.05, 0.1) is 0 Å². The van der Waals surface area contributed by atoms with Gasteiger partial charge in [0, 0.05) is 24.9 Å². The van der Waals surface area contributed by atoms with Crippen LogP contribution in [0.15, 0.2) is 47.4 Å². The van der Waals surface area contributed by atoms with Gasteiger partial charge in [0.2, 0.25) is 5.56 Å². The van der Waals surface area contributed by atoms with Crippen LogP contribution in [-0.2, 0) is 6.42 Å². The van der Waals surface area contributed by atoms with Gasteiger partial charge < -0.3 is 10.3 Å². The summed E-state index contributed by atoms with van der Waals surface area (Å²) >= 11 is 0. The molecule has 1 amide bonds. The van der Waals surface area contributed by atoms with Gasteiger partial charge in [0.25, 0.3) is 5.91 Å². The monoisotopic (exact) mass is 242 g/mol. The van der Waals surface area contributed by atoms with Crippen LogP contribution < -0.4 is 10.9 Å². The second-order valence-corrected chi connectivity index (χ2v) is 4.01. The molecular formula is C14H14N2O2. The average molecular weight is 242 g/mol. The Balaban J connectivity index is 2.16. The van der Waals surface area contributed by atoms with Crippen molar-refractivity contribution in [2.45, 2.75) is 6.42 Å². The summed E-state index contributed by atoms with van der Waals surface area (Å²) in [6.45, 7) is 0. The van der Waals surface area contributed by atoms with Gasteiger partial charge in [-0.3, -0.25) is 9.59 Å². The third kappa shape index (κ3) is 2.85. The highest BCUT2D eigenvalue weighted by molar-refractivity contribution is 5.93. The fourth-order valence-corrected chi connectivity index (χ4v) is 1.75. The summed E-state index contributed by atoms with van der Waals surface area (Å²) in [7, 11) is 1.60. The van der Waals surface area contributed by atoms with E-state index >= 15 is 0 Å². The number of H-pyrrole nitrogens is 1. The van der Waals surface area contributed by atoms with Crippen LogP contribution >= 0.6 is 0 Å². The van der Waals surface area contributed by atoms with Gasteiger partial charge >= 0.3 is 0 Å². The number of aromatic amines is 1. The van der Waals surface area contributed by atoms with E-state index in [2.05, 4.69) is 10.3 Å². The zero-order chi connectivity index (χ0) is 13.0. The van der Waals surface area contributed by atoms with Crippen molar-refractivity contribution in [3.05, 3.63) is 69.6 Å². The van der Waals surface area contributed by atoms with Gasteiger partial charge in [-0.15, -0.1) is 0 Å². The van der Waals surface area contributed by atoms with Crippen LogP contribution in [0.5, 0.6) is 0 Å². The lowest BCUT2D eigenvalue weighted by Gasteiger charge is -2.03. The molecule has 0 spiro atoms. The fourth-order valence-electron chi connectivity index (χ4n) is 1.75. The summed E-state index contributed by atoms with van der Waals surface area (Å²) in [6, 6.07) is 10.8. The Morgan fingerprint density at radius 1 is 1.17 bits per heavy atom. The predicted octanol–water partition coefficient (Wildman–Crippen LogP) is 1.33. The van der Waals surface area contributed by atoms with Crippen LogP contribution in [0.3, 0.4) is 0 Å². The maximum absolute atomic E-state index is 11.4. The molecule has 0 fully saturated rings. The predicted molar refractivity (Wildman–Crippen MR) is 69.7 cm³/mol. The second kappa shape index (κ2) is 5.31. The Kier molecular flexibility index (Phi) is 3.57. The third-order valence-corrected chi connectivity index (χ3v) is 2.69. The summed E-state index contributed by atoms with van der Waals surface area (Å²) in [5, 5.41) is 2.57. The van der Waals surface area contributed by atoms with Crippen LogP contribution in [0.2, 0.25) is 0 Å². The van der Waals surface area contributed by atoms with Gasteiger partial charge in [-0.2, -0.15) is 0 Å². The molecule has 18 heavy (non-hydrogen) atoms. The number of nitrogens with one attached hydrogen (secondary N) is 2. The number of benzene rings is 1. The molecule has 1 aromatic heterocycles. The molecule has 2 aromatic rings. The van der Waals surface area contributed by atoms with E-state index in [-0.39, 0.29) is 11.5 Å². The van der Waals surface area contributed by atoms with Crippen molar-refractivity contribution in [1.29, 1.82) is 0 Å². The van der Waals surface area contributed by atoms with E-state index in [4.69, 9.17) is 0 Å². The highest BCUT2D eigenvalue weighted by Crippen LogP contribution is 2.09. The number of carbonyl (C=O) groups is 1. The Morgan fingerprint density at radius 3 is 2.50 bits per heavy atom. The van der Waals surface area contributed by atoms with E-state index in [9.17, 15) is 9.59 Å². The van der Waals surface area contributed by atoms with Gasteiger partial charge in [0.15, 0.2) is 0 Å². The van der Waals surface area contributed by atoms with Crippen LogP contribution in [-0.4, -0.2) is 17.9 Å². The van der Waals surface area contributed by atoms with Crippen molar-refractivity contribution in [1.82, 2.24) is 10.3 Å². The molecule has 0 saturated heterocycles. The second-order valence-electron chi connectivity index (χ2n) is 4.01. The molecule has 0 aliphatic rings. The Bertz CT molecular complexity index is 600. The molecule has 4 nitrogen and oxygen atoms in total. The van der Waals surface area contributed by atoms with E-state index < -0.39 is 0 Å². The van der Waals surface area contributed by atoms with Crippen molar-refractivity contribution < 1.29 is 4.79 Å². The van der Waals surface area contributed by atoms with Crippen molar-refractivity contribution >= 4 is 5.91 Å². The topological polar surface area (TPSA) is 62.0 Å². The van der Waals surface area contributed by atoms with Crippen LogP contribution in [0.1, 0.15) is 21.5 Å². The van der Waals surface area contributed by atoms with Crippen molar-refractivity contribution in [3.63, 3.8) is 0 Å². The molecule has 2 rings (SSSR count). The molecule has 0 saturated carbocycles. The average Bonchev–Trinajstić information content (AvgIpc) is 2.39. The van der Waals surface area contributed by atoms with Gasteiger partial charge in [-0.1, -0.05) is 12.1 Å². The minimum atomic E-state index is -0.102. The van der Waals surface area contributed by atoms with Crippen molar-refractivity contribution in [2.75, 3.05) is 7.05 Å². The van der Waals surface area contributed by atoms with Gasteiger partial charge in [-0.05, 0) is 35.7 Å². The SMILES string of the molecule is CNC(=O)c1ccc(Cc2cc[nH]c(=O)c2)cc1. The molecule has 1 heterocycles. The maximum Gasteiger partial charge on any atom is 0.251 e. The number of aromatic nitrogens is 1. The molecular weight excluding hydrogens is 228 g/mol. The fraction of sp³-hybridized carbons (Fsp3) is 0.143. The highest BCUT2D eigenvalue weighted by atomic mass is 16.1. The number of hydrogen-bond acceptors (Lipinski definition) is 2. The number of pyridine rings is 1. The van der Waals surface area contributed by atoms with E-state index in [0.717, 1.165) is 11.1 Å². The maximum atomic E-state index is 11.4. The summed E-state index contributed by atoms with van der Waals surface area (Å²) in [6.07, 6.45) is 2.31. The summed E-state index contributed by atoms with van der Waals surface area (Å²) in [5.41, 5.74) is 2.54. The first-order valence-electron chi connectivity index (χ1n) is 5.67. The molecule has 0 radical (unpaired) electrons. The first-order chi connectivity index (χ1) is 8.69. The van der Waals surface area contributed by atoms with E-state index in [1.165, 1.54) is 0 Å². The number of amides is 1. The number of hydrogen-bond donors (Lipinski definition) is 2. The quantitative estimate of drug-likeness (QED) is 0.852. The van der Waals surface area contributed by atoms with Gasteiger partial charge in [-0.25, -0.2) is 0 Å². The van der Waals surface area contributed by atoms with Crippen molar-refractivity contribution in [3.8, 4) is 0 Å². The van der Waals surface area contributed by atoms with Gasteiger partial charge in [0.1, 0.15) is 0 Å². The lowest BCUT2D eigenvalue weighted by atomic mass is 10.0. The first-order valence-corrected chi connectivity index (χ1v) is 5.67. The number of rotatable bonds is 3. The smallest absolute Gasteiger partial charge is 0.251 e. The minimum absolute atomic E-state index is 0.0993. The summed E-state index contributed by atoms with van der Waals surface area (Å²) in [4.78, 5) is 25.1. The zero-order valence-corrected chi connectivity index (χ0v) is 10.1. The normalized spacial score (nSPS) is 10.1. The van der Waals surface area contributed by atoms with Crippen LogP contribution in [0.25, 0.3) is 0 Å². The lowest BCUT2D eigenvalue weighted by Crippen LogP contribution is -2.17. The molecule has 0 aliphatic heterocycles. The minimum Gasteiger partial charge on any atom is -0.355 e. The van der Waals surface area contributed by atoms with Crippen LogP contribution in [0, 0.1) is 0 Å². The van der Waals surface area contributed by atoms with E-state index in [1.807, 2.05) is 18.2 Å². The highest BCUT2D eigenvalue weighted by Gasteiger charge is 2.02. The molecule has 1 aromatic carbocycles. The molecule has 0 atom stereocenters.